The van der Waals surface area contributed by atoms with E-state index in [-0.39, 0.29) is 0 Å². The minimum atomic E-state index is 0.395. The van der Waals surface area contributed by atoms with Gasteiger partial charge in [0, 0.05) is 12.0 Å². The van der Waals surface area contributed by atoms with Crippen LogP contribution in [0.4, 0.5) is 0 Å². The standard InChI is InChI=1S/C11H21N/c1-6-9(3)10(4)8-11(5)12-7-2/h1,9-12H,7-8H2,2-5H3. The van der Waals surface area contributed by atoms with Crippen molar-refractivity contribution in [3.63, 3.8) is 0 Å². The largest absolute Gasteiger partial charge is 0.315 e. The molecule has 0 aliphatic heterocycles. The molecule has 0 saturated carbocycles. The highest BCUT2D eigenvalue weighted by Crippen LogP contribution is 2.15. The fourth-order valence-corrected chi connectivity index (χ4v) is 1.36. The van der Waals surface area contributed by atoms with Crippen molar-refractivity contribution in [1.82, 2.24) is 5.32 Å². The Bertz CT molecular complexity index is 146. The Morgan fingerprint density at radius 3 is 2.33 bits per heavy atom. The minimum Gasteiger partial charge on any atom is -0.315 e. The van der Waals surface area contributed by atoms with Crippen molar-refractivity contribution in [2.24, 2.45) is 11.8 Å². The van der Waals surface area contributed by atoms with Gasteiger partial charge in [-0.15, -0.1) is 12.3 Å². The monoisotopic (exact) mass is 167 g/mol. The summed E-state index contributed by atoms with van der Waals surface area (Å²) in [7, 11) is 0. The lowest BCUT2D eigenvalue weighted by Gasteiger charge is -2.20. The molecule has 3 unspecified atom stereocenters. The van der Waals surface area contributed by atoms with Crippen molar-refractivity contribution in [1.29, 1.82) is 0 Å². The Morgan fingerprint density at radius 1 is 1.33 bits per heavy atom. The van der Waals surface area contributed by atoms with Crippen LogP contribution in [0.5, 0.6) is 0 Å². The van der Waals surface area contributed by atoms with Crippen molar-refractivity contribution < 1.29 is 0 Å². The predicted octanol–water partition coefficient (Wildman–Crippen LogP) is 2.28. The van der Waals surface area contributed by atoms with E-state index in [2.05, 4.69) is 38.9 Å². The molecule has 0 fully saturated rings. The zero-order chi connectivity index (χ0) is 9.56. The van der Waals surface area contributed by atoms with Crippen molar-refractivity contribution in [3.05, 3.63) is 0 Å². The lowest BCUT2D eigenvalue weighted by Crippen LogP contribution is -2.28. The van der Waals surface area contributed by atoms with E-state index in [0.717, 1.165) is 6.54 Å². The highest BCUT2D eigenvalue weighted by Gasteiger charge is 2.12. The third-order valence-corrected chi connectivity index (χ3v) is 2.39. The molecule has 70 valence electrons. The summed E-state index contributed by atoms with van der Waals surface area (Å²) in [6, 6.07) is 0.584. The lowest BCUT2D eigenvalue weighted by atomic mass is 9.91. The molecule has 0 bridgehead atoms. The molecule has 1 nitrogen and oxygen atoms in total. The SMILES string of the molecule is C#CC(C)C(C)CC(C)NCC. The zero-order valence-corrected chi connectivity index (χ0v) is 8.72. The first-order chi connectivity index (χ1) is 5.61. The average Bonchev–Trinajstić information content (AvgIpc) is 2.03. The van der Waals surface area contributed by atoms with Gasteiger partial charge >= 0.3 is 0 Å². The second-order valence-electron chi connectivity index (χ2n) is 3.63. The van der Waals surface area contributed by atoms with Crippen LogP contribution in [0.15, 0.2) is 0 Å². The maximum atomic E-state index is 5.35. The van der Waals surface area contributed by atoms with Crippen LogP contribution < -0.4 is 5.32 Å². The summed E-state index contributed by atoms with van der Waals surface area (Å²) in [5, 5.41) is 3.39. The summed E-state index contributed by atoms with van der Waals surface area (Å²) < 4.78 is 0. The molecule has 0 saturated heterocycles. The molecule has 0 spiro atoms. The van der Waals surface area contributed by atoms with Gasteiger partial charge in [-0.25, -0.2) is 0 Å². The maximum absolute atomic E-state index is 5.35. The molecule has 0 aromatic carbocycles. The molecule has 0 aromatic heterocycles. The van der Waals surface area contributed by atoms with Crippen LogP contribution in [-0.2, 0) is 0 Å². The minimum absolute atomic E-state index is 0.395. The quantitative estimate of drug-likeness (QED) is 0.619. The first kappa shape index (κ1) is 11.5. The normalized spacial score (nSPS) is 17.9. The second-order valence-corrected chi connectivity index (χ2v) is 3.63. The van der Waals surface area contributed by atoms with Gasteiger partial charge in [-0.3, -0.25) is 0 Å². The van der Waals surface area contributed by atoms with Gasteiger partial charge < -0.3 is 5.32 Å². The summed E-state index contributed by atoms with van der Waals surface area (Å²) >= 11 is 0. The zero-order valence-electron chi connectivity index (χ0n) is 8.72. The van der Waals surface area contributed by atoms with Gasteiger partial charge in [0.1, 0.15) is 0 Å². The number of nitrogens with one attached hydrogen (secondary N) is 1. The van der Waals surface area contributed by atoms with E-state index in [1.165, 1.54) is 6.42 Å². The Kier molecular flexibility index (Phi) is 5.84. The fraction of sp³-hybridized carbons (Fsp3) is 0.818. The summed E-state index contributed by atoms with van der Waals surface area (Å²) in [6.45, 7) is 9.72. The third kappa shape index (κ3) is 4.41. The third-order valence-electron chi connectivity index (χ3n) is 2.39. The van der Waals surface area contributed by atoms with E-state index >= 15 is 0 Å². The first-order valence-corrected chi connectivity index (χ1v) is 4.81. The van der Waals surface area contributed by atoms with Crippen LogP contribution in [0.1, 0.15) is 34.1 Å². The molecule has 0 rings (SSSR count). The average molecular weight is 167 g/mol. The van der Waals surface area contributed by atoms with Gasteiger partial charge in [0.25, 0.3) is 0 Å². The van der Waals surface area contributed by atoms with Crippen LogP contribution in [0.3, 0.4) is 0 Å². The van der Waals surface area contributed by atoms with Crippen LogP contribution in [0.2, 0.25) is 0 Å². The van der Waals surface area contributed by atoms with Crippen LogP contribution in [-0.4, -0.2) is 12.6 Å². The van der Waals surface area contributed by atoms with Gasteiger partial charge in [0.05, 0.1) is 0 Å². The van der Waals surface area contributed by atoms with Gasteiger partial charge in [-0.1, -0.05) is 20.8 Å². The van der Waals surface area contributed by atoms with E-state index in [0.29, 0.717) is 17.9 Å². The summed E-state index contributed by atoms with van der Waals surface area (Å²) in [5.74, 6) is 3.79. The summed E-state index contributed by atoms with van der Waals surface area (Å²) in [6.07, 6.45) is 6.52. The number of rotatable bonds is 5. The van der Waals surface area contributed by atoms with Crippen molar-refractivity contribution in [2.75, 3.05) is 6.54 Å². The van der Waals surface area contributed by atoms with Crippen LogP contribution in [0, 0.1) is 24.2 Å². The van der Waals surface area contributed by atoms with E-state index in [1.54, 1.807) is 0 Å². The molecule has 12 heavy (non-hydrogen) atoms. The number of hydrogen-bond acceptors (Lipinski definition) is 1. The van der Waals surface area contributed by atoms with E-state index in [9.17, 15) is 0 Å². The number of terminal acetylenes is 1. The van der Waals surface area contributed by atoms with E-state index in [4.69, 9.17) is 6.42 Å². The Morgan fingerprint density at radius 2 is 1.92 bits per heavy atom. The van der Waals surface area contributed by atoms with Crippen molar-refractivity contribution >= 4 is 0 Å². The molecule has 0 amide bonds. The molecule has 0 aliphatic carbocycles. The van der Waals surface area contributed by atoms with E-state index in [1.807, 2.05) is 0 Å². The Hall–Kier alpha value is -0.480. The highest BCUT2D eigenvalue weighted by atomic mass is 14.9. The summed E-state index contributed by atoms with van der Waals surface area (Å²) in [5.41, 5.74) is 0. The van der Waals surface area contributed by atoms with Crippen LogP contribution in [0.25, 0.3) is 0 Å². The molecule has 0 heterocycles. The Balaban J connectivity index is 3.69. The smallest absolute Gasteiger partial charge is 0.0198 e. The Labute approximate surface area is 76.9 Å². The molecule has 3 atom stereocenters. The van der Waals surface area contributed by atoms with Crippen molar-refractivity contribution in [2.45, 2.75) is 40.2 Å². The van der Waals surface area contributed by atoms with Gasteiger partial charge in [0.15, 0.2) is 0 Å². The molecule has 0 aliphatic rings. The molecule has 1 N–H and O–H groups in total. The first-order valence-electron chi connectivity index (χ1n) is 4.81. The summed E-state index contributed by atoms with van der Waals surface area (Å²) in [4.78, 5) is 0. The van der Waals surface area contributed by atoms with Gasteiger partial charge in [0.2, 0.25) is 0 Å². The second kappa shape index (κ2) is 6.08. The van der Waals surface area contributed by atoms with Crippen LogP contribution >= 0.6 is 0 Å². The number of hydrogen-bond donors (Lipinski definition) is 1. The molecule has 0 aromatic rings. The molecule has 0 radical (unpaired) electrons. The topological polar surface area (TPSA) is 12.0 Å². The lowest BCUT2D eigenvalue weighted by molar-refractivity contribution is 0.375. The van der Waals surface area contributed by atoms with E-state index < -0.39 is 0 Å². The highest BCUT2D eigenvalue weighted by molar-refractivity contribution is 4.93. The fourth-order valence-electron chi connectivity index (χ4n) is 1.36. The maximum Gasteiger partial charge on any atom is 0.0198 e. The molecule has 1 heteroatoms. The molecular formula is C11H21N. The predicted molar refractivity (Wildman–Crippen MR) is 54.9 cm³/mol. The van der Waals surface area contributed by atoms with Gasteiger partial charge in [-0.05, 0) is 25.8 Å². The van der Waals surface area contributed by atoms with Crippen molar-refractivity contribution in [3.8, 4) is 12.3 Å². The van der Waals surface area contributed by atoms with Gasteiger partial charge in [-0.2, -0.15) is 0 Å². The molecular weight excluding hydrogens is 146 g/mol.